The van der Waals surface area contributed by atoms with Gasteiger partial charge in [0.1, 0.15) is 6.04 Å². The van der Waals surface area contributed by atoms with Gasteiger partial charge in [0.15, 0.2) is 0 Å². The molecule has 0 aromatic rings. The highest BCUT2D eigenvalue weighted by Crippen LogP contribution is 2.06. The maximum Gasteiger partial charge on any atom is 0.322 e. The Morgan fingerprint density at radius 1 is 1.47 bits per heavy atom. The molecule has 0 radical (unpaired) electrons. The van der Waals surface area contributed by atoms with Crippen molar-refractivity contribution in [2.45, 2.75) is 32.7 Å². The van der Waals surface area contributed by atoms with Gasteiger partial charge in [-0.25, -0.2) is 4.72 Å². The van der Waals surface area contributed by atoms with Crippen molar-refractivity contribution < 1.29 is 18.3 Å². The number of carboxylic acid groups (broad SMARTS) is 1. The Morgan fingerprint density at radius 3 is 2.33 bits per heavy atom. The van der Waals surface area contributed by atoms with Crippen molar-refractivity contribution in [3.8, 4) is 0 Å². The number of likely N-dealkylation sites (N-methyl/N-ethyl adjacent to an activating group) is 1. The highest BCUT2D eigenvalue weighted by Gasteiger charge is 2.29. The van der Waals surface area contributed by atoms with E-state index in [1.54, 1.807) is 6.92 Å². The molecule has 0 aromatic heterocycles. The molecule has 7 heteroatoms. The smallest absolute Gasteiger partial charge is 0.322 e. The van der Waals surface area contributed by atoms with Crippen LogP contribution in [0.25, 0.3) is 0 Å². The molecule has 0 bridgehead atoms. The van der Waals surface area contributed by atoms with Crippen molar-refractivity contribution in [1.29, 1.82) is 0 Å². The van der Waals surface area contributed by atoms with Crippen molar-refractivity contribution in [2.24, 2.45) is 0 Å². The fourth-order valence-corrected chi connectivity index (χ4v) is 2.33. The highest BCUT2D eigenvalue weighted by atomic mass is 32.2. The van der Waals surface area contributed by atoms with Crippen LogP contribution in [0.2, 0.25) is 0 Å². The van der Waals surface area contributed by atoms with Gasteiger partial charge < -0.3 is 5.11 Å². The Labute approximate surface area is 90.5 Å². The van der Waals surface area contributed by atoms with E-state index in [0.29, 0.717) is 13.0 Å². The summed E-state index contributed by atoms with van der Waals surface area (Å²) < 4.78 is 26.3. The molecule has 0 rings (SSSR count). The van der Waals surface area contributed by atoms with Crippen LogP contribution in [-0.2, 0) is 15.0 Å². The second-order valence-corrected chi connectivity index (χ2v) is 4.99. The van der Waals surface area contributed by atoms with E-state index >= 15 is 0 Å². The number of carboxylic acids is 1. The van der Waals surface area contributed by atoms with Crippen LogP contribution in [0, 0.1) is 0 Å². The van der Waals surface area contributed by atoms with Gasteiger partial charge in [0.05, 0.1) is 0 Å². The lowest BCUT2D eigenvalue weighted by molar-refractivity contribution is -0.141. The van der Waals surface area contributed by atoms with Gasteiger partial charge in [0.25, 0.3) is 10.2 Å². The summed E-state index contributed by atoms with van der Waals surface area (Å²) in [4.78, 5) is 10.8. The van der Waals surface area contributed by atoms with Crippen molar-refractivity contribution in [1.82, 2.24) is 9.03 Å². The fourth-order valence-electron chi connectivity index (χ4n) is 1.09. The quantitative estimate of drug-likeness (QED) is 0.655. The minimum Gasteiger partial charge on any atom is -0.480 e. The number of nitrogens with one attached hydrogen (secondary N) is 1. The van der Waals surface area contributed by atoms with Crippen molar-refractivity contribution in [3.63, 3.8) is 0 Å². The molecular weight excluding hydrogens is 220 g/mol. The highest BCUT2D eigenvalue weighted by molar-refractivity contribution is 7.87. The third-order valence-electron chi connectivity index (χ3n) is 2.02. The van der Waals surface area contributed by atoms with Crippen LogP contribution in [0.3, 0.4) is 0 Å². The first-order chi connectivity index (χ1) is 6.86. The van der Waals surface area contributed by atoms with E-state index in [0.717, 1.165) is 4.31 Å². The third-order valence-corrected chi connectivity index (χ3v) is 3.61. The standard InChI is InChI=1S/C8H18N2O4S/c1-4-6-9-15(13,14)10(3)7(5-2)8(11)12/h7,9H,4-6H2,1-3H3,(H,11,12). The summed E-state index contributed by atoms with van der Waals surface area (Å²) in [6, 6.07) is -1.01. The molecule has 0 aliphatic carbocycles. The van der Waals surface area contributed by atoms with Crippen LogP contribution < -0.4 is 4.72 Å². The normalized spacial score (nSPS) is 14.1. The summed E-state index contributed by atoms with van der Waals surface area (Å²) in [6.45, 7) is 3.77. The Hall–Kier alpha value is -0.660. The topological polar surface area (TPSA) is 86.7 Å². The summed E-state index contributed by atoms with van der Waals surface area (Å²) in [5.74, 6) is -1.14. The zero-order valence-electron chi connectivity index (χ0n) is 9.23. The maximum atomic E-state index is 11.5. The monoisotopic (exact) mass is 238 g/mol. The molecule has 90 valence electrons. The summed E-state index contributed by atoms with van der Waals surface area (Å²) in [7, 11) is -2.41. The van der Waals surface area contributed by atoms with Crippen molar-refractivity contribution in [3.05, 3.63) is 0 Å². The van der Waals surface area contributed by atoms with Crippen LogP contribution >= 0.6 is 0 Å². The molecule has 6 nitrogen and oxygen atoms in total. The lowest BCUT2D eigenvalue weighted by Crippen LogP contribution is -2.47. The largest absolute Gasteiger partial charge is 0.480 e. The van der Waals surface area contributed by atoms with Crippen LogP contribution in [0.4, 0.5) is 0 Å². The number of nitrogens with zero attached hydrogens (tertiary/aromatic N) is 1. The zero-order valence-corrected chi connectivity index (χ0v) is 10.0. The van der Waals surface area contributed by atoms with Gasteiger partial charge in [-0.05, 0) is 12.8 Å². The van der Waals surface area contributed by atoms with E-state index in [9.17, 15) is 13.2 Å². The molecule has 15 heavy (non-hydrogen) atoms. The predicted octanol–water partition coefficient (Wildman–Crippen LogP) is 0.0258. The maximum absolute atomic E-state index is 11.5. The second kappa shape index (κ2) is 6.04. The Balaban J connectivity index is 4.66. The van der Waals surface area contributed by atoms with Crippen molar-refractivity contribution in [2.75, 3.05) is 13.6 Å². The molecule has 1 unspecified atom stereocenters. The number of hydrogen-bond acceptors (Lipinski definition) is 3. The van der Waals surface area contributed by atoms with E-state index in [2.05, 4.69) is 4.72 Å². The predicted molar refractivity (Wildman–Crippen MR) is 56.7 cm³/mol. The molecule has 0 fully saturated rings. The van der Waals surface area contributed by atoms with Gasteiger partial charge >= 0.3 is 5.97 Å². The molecule has 0 aromatic carbocycles. The van der Waals surface area contributed by atoms with Crippen LogP contribution in [0.5, 0.6) is 0 Å². The molecular formula is C8H18N2O4S. The Bertz CT molecular complexity index is 302. The van der Waals surface area contributed by atoms with Crippen molar-refractivity contribution >= 4 is 16.2 Å². The molecule has 0 amide bonds. The lowest BCUT2D eigenvalue weighted by Gasteiger charge is -2.23. The third kappa shape index (κ3) is 4.15. The average molecular weight is 238 g/mol. The van der Waals surface area contributed by atoms with E-state index in [4.69, 9.17) is 5.11 Å². The van der Waals surface area contributed by atoms with Gasteiger partial charge in [0.2, 0.25) is 0 Å². The molecule has 0 saturated heterocycles. The van der Waals surface area contributed by atoms with Gasteiger partial charge in [0, 0.05) is 13.6 Å². The fraction of sp³-hybridized carbons (Fsp3) is 0.875. The summed E-state index contributed by atoms with van der Waals surface area (Å²) in [5, 5.41) is 8.80. The minimum absolute atomic E-state index is 0.235. The minimum atomic E-state index is -3.68. The van der Waals surface area contributed by atoms with E-state index < -0.39 is 22.2 Å². The lowest BCUT2D eigenvalue weighted by atomic mass is 10.2. The molecule has 0 saturated carbocycles. The molecule has 0 heterocycles. The van der Waals surface area contributed by atoms with E-state index in [1.807, 2.05) is 6.92 Å². The summed E-state index contributed by atoms with van der Waals surface area (Å²) in [5.41, 5.74) is 0. The molecule has 0 spiro atoms. The molecule has 0 aliphatic heterocycles. The summed E-state index contributed by atoms with van der Waals surface area (Å²) in [6.07, 6.45) is 0.899. The van der Waals surface area contributed by atoms with Crippen LogP contribution in [0.1, 0.15) is 26.7 Å². The first kappa shape index (κ1) is 14.3. The Kier molecular flexibility index (Phi) is 5.77. The van der Waals surface area contributed by atoms with Gasteiger partial charge in [-0.3, -0.25) is 4.79 Å². The van der Waals surface area contributed by atoms with Crippen LogP contribution in [-0.4, -0.2) is 43.4 Å². The number of hydrogen-bond donors (Lipinski definition) is 2. The first-order valence-electron chi connectivity index (χ1n) is 4.82. The van der Waals surface area contributed by atoms with Gasteiger partial charge in [-0.15, -0.1) is 0 Å². The number of rotatable bonds is 7. The molecule has 2 N–H and O–H groups in total. The molecule has 0 aliphatic rings. The average Bonchev–Trinajstić information content (AvgIpc) is 2.15. The summed E-state index contributed by atoms with van der Waals surface area (Å²) >= 11 is 0. The SMILES string of the molecule is CCCNS(=O)(=O)N(C)C(CC)C(=O)O. The van der Waals surface area contributed by atoms with E-state index in [1.165, 1.54) is 7.05 Å². The first-order valence-corrected chi connectivity index (χ1v) is 6.26. The number of carbonyl (C=O) groups is 1. The Morgan fingerprint density at radius 2 is 2.00 bits per heavy atom. The van der Waals surface area contributed by atoms with Gasteiger partial charge in [-0.1, -0.05) is 13.8 Å². The second-order valence-electron chi connectivity index (χ2n) is 3.18. The van der Waals surface area contributed by atoms with Crippen LogP contribution in [0.15, 0.2) is 0 Å². The van der Waals surface area contributed by atoms with Gasteiger partial charge in [-0.2, -0.15) is 12.7 Å². The zero-order chi connectivity index (χ0) is 12.1. The number of aliphatic carboxylic acids is 1. The van der Waals surface area contributed by atoms with E-state index in [-0.39, 0.29) is 6.42 Å². The molecule has 1 atom stereocenters.